The minimum atomic E-state index is -2.87. The lowest BCUT2D eigenvalue weighted by molar-refractivity contribution is -0.135. The van der Waals surface area contributed by atoms with E-state index in [4.69, 9.17) is 9.72 Å². The van der Waals surface area contributed by atoms with Crippen molar-refractivity contribution in [1.82, 2.24) is 43.7 Å². The summed E-state index contributed by atoms with van der Waals surface area (Å²) in [6, 6.07) is 7.29. The summed E-state index contributed by atoms with van der Waals surface area (Å²) < 4.78 is 41.1. The smallest absolute Gasteiger partial charge is 0.329 e. The minimum Gasteiger partial charge on any atom is -0.371 e. The third kappa shape index (κ3) is 7.65. The first-order valence-corrected chi connectivity index (χ1v) is 22.4. The summed E-state index contributed by atoms with van der Waals surface area (Å²) in [7, 11) is 3.92. The molecule has 2 N–H and O–H groups in total. The van der Waals surface area contributed by atoms with Crippen LogP contribution in [-0.4, -0.2) is 114 Å². The quantitative estimate of drug-likeness (QED) is 0.184. The topological polar surface area (TPSA) is 169 Å². The number of anilines is 3. The first-order valence-electron chi connectivity index (χ1n) is 22.4. The van der Waals surface area contributed by atoms with Crippen molar-refractivity contribution < 1.29 is 27.9 Å². The number of piperidine rings is 2. The van der Waals surface area contributed by atoms with E-state index in [2.05, 4.69) is 42.6 Å². The van der Waals surface area contributed by atoms with Crippen molar-refractivity contribution in [1.29, 1.82) is 0 Å². The van der Waals surface area contributed by atoms with Crippen LogP contribution in [0.15, 0.2) is 47.7 Å². The summed E-state index contributed by atoms with van der Waals surface area (Å²) in [6.45, 7) is 4.59. The Hall–Kier alpha value is -5.69. The van der Waals surface area contributed by atoms with Crippen molar-refractivity contribution in [2.45, 2.75) is 101 Å². The maximum atomic E-state index is 14.4. The highest BCUT2D eigenvalue weighted by Gasteiger charge is 2.42. The van der Waals surface area contributed by atoms with Gasteiger partial charge in [0.2, 0.25) is 11.8 Å². The molecule has 2 aliphatic carbocycles. The predicted octanol–water partition coefficient (Wildman–Crippen LogP) is 4.84. The fourth-order valence-corrected chi connectivity index (χ4v) is 10.7. The number of carbonyl (C=O) groups is 3. The molecule has 1 spiro atoms. The molecule has 19 heteroatoms. The number of para-hydroxylation sites is 1. The second-order valence-electron chi connectivity index (χ2n) is 18.2. The number of morpholine rings is 1. The van der Waals surface area contributed by atoms with Crippen molar-refractivity contribution in [2.75, 3.05) is 61.5 Å². The summed E-state index contributed by atoms with van der Waals surface area (Å²) in [5.41, 5.74) is 2.11. The SMILES string of the molecule is CN(CC1CCC(n2cc(NC(=O)c3cnn4ccc(N5CCOC6(CCC6)C5)nc34)c(C(F)F)n2)CC1)C1CCN(c2cccc3c2n(C)c(=O)n3C2CCC(=O)NC2=O)CC1. The first kappa shape index (κ1) is 41.3. The second kappa shape index (κ2) is 16.5. The lowest BCUT2D eigenvalue weighted by atomic mass is 9.79. The number of benzene rings is 1. The van der Waals surface area contributed by atoms with Crippen molar-refractivity contribution in [2.24, 2.45) is 13.0 Å². The molecule has 3 amide bonds. The number of amides is 3. The number of imidazole rings is 1. The molecule has 5 fully saturated rings. The number of nitrogens with one attached hydrogen (secondary N) is 2. The number of hydrogen-bond acceptors (Lipinski definition) is 11. The lowest BCUT2D eigenvalue weighted by Crippen LogP contribution is -2.56. The molecule has 5 aromatic rings. The zero-order valence-electron chi connectivity index (χ0n) is 35.7. The van der Waals surface area contributed by atoms with Crippen LogP contribution in [0.1, 0.15) is 105 Å². The second-order valence-corrected chi connectivity index (χ2v) is 18.2. The number of rotatable bonds is 10. The van der Waals surface area contributed by atoms with Gasteiger partial charge in [-0.05, 0) is 95.4 Å². The van der Waals surface area contributed by atoms with Gasteiger partial charge in [0, 0.05) is 64.6 Å². The molecule has 4 aromatic heterocycles. The number of alkyl halides is 2. The van der Waals surface area contributed by atoms with Gasteiger partial charge in [0.15, 0.2) is 11.3 Å². The molecule has 0 radical (unpaired) electrons. The van der Waals surface area contributed by atoms with Gasteiger partial charge < -0.3 is 24.8 Å². The minimum absolute atomic E-state index is 0.0100. The van der Waals surface area contributed by atoms with Crippen LogP contribution in [0.4, 0.5) is 26.0 Å². The summed E-state index contributed by atoms with van der Waals surface area (Å²) in [6.07, 6.45) is 10.9. The Bertz CT molecular complexity index is 2620. The Labute approximate surface area is 362 Å². The Morgan fingerprint density at radius 1 is 1.03 bits per heavy atom. The Balaban J connectivity index is 0.746. The summed E-state index contributed by atoms with van der Waals surface area (Å²) in [5.74, 6) is -0.158. The summed E-state index contributed by atoms with van der Waals surface area (Å²) >= 11 is 0. The number of hydrogen-bond donors (Lipinski definition) is 2. The van der Waals surface area contributed by atoms with Crippen LogP contribution in [-0.2, 0) is 21.4 Å². The fourth-order valence-electron chi connectivity index (χ4n) is 10.7. The van der Waals surface area contributed by atoms with Crippen LogP contribution in [0, 0.1) is 5.92 Å². The standard InChI is InChI=1S/C44H54F2N12O5/c1-52(28-13-18-54(19-14-28)32-5-3-6-33-38(32)53(2)43(62)58(33)34-11-12-36(59)50-42(34)61)24-27-7-9-29(10-8-27)57-25-31(37(51-57)39(45)46)48-41(60)30-23-47-56-20-15-35(49-40(30)56)55-21-22-63-44(26-55)16-4-17-44/h3,5-6,15,20,23,25,27-29,34,39H,4,7-14,16-19,21-22,24,26H2,1-2H3,(H,48,60)(H,50,59,61). The molecule has 3 saturated heterocycles. The van der Waals surface area contributed by atoms with Gasteiger partial charge in [-0.2, -0.15) is 10.2 Å². The number of aryl methyl sites for hydroxylation is 1. The Morgan fingerprint density at radius 3 is 2.56 bits per heavy atom. The van der Waals surface area contributed by atoms with Gasteiger partial charge in [-0.1, -0.05) is 6.07 Å². The zero-order chi connectivity index (χ0) is 43.6. The molecular weight excluding hydrogens is 815 g/mol. The van der Waals surface area contributed by atoms with Gasteiger partial charge >= 0.3 is 5.69 Å². The predicted molar refractivity (Wildman–Crippen MR) is 230 cm³/mol. The van der Waals surface area contributed by atoms with E-state index in [0.717, 1.165) is 101 Å². The Kier molecular flexibility index (Phi) is 10.8. The molecule has 2 saturated carbocycles. The molecular formula is C44H54F2N12O5. The number of fused-ring (bicyclic) bond motifs is 2. The van der Waals surface area contributed by atoms with Crippen LogP contribution in [0.25, 0.3) is 16.7 Å². The molecule has 10 rings (SSSR count). The highest BCUT2D eigenvalue weighted by molar-refractivity contribution is 6.08. The molecule has 1 aromatic carbocycles. The third-order valence-corrected chi connectivity index (χ3v) is 14.4. The van der Waals surface area contributed by atoms with Crippen LogP contribution in [0.2, 0.25) is 0 Å². The summed E-state index contributed by atoms with van der Waals surface area (Å²) in [5, 5.41) is 13.7. The van der Waals surface area contributed by atoms with Gasteiger partial charge in [0.1, 0.15) is 17.4 Å². The molecule has 1 atom stereocenters. The molecule has 7 heterocycles. The first-order chi connectivity index (χ1) is 30.4. The highest BCUT2D eigenvalue weighted by Crippen LogP contribution is 2.40. The fraction of sp³-hybridized carbons (Fsp3) is 0.568. The molecule has 0 bridgehead atoms. The molecule has 63 heavy (non-hydrogen) atoms. The molecule has 334 valence electrons. The van der Waals surface area contributed by atoms with E-state index in [1.807, 2.05) is 24.3 Å². The van der Waals surface area contributed by atoms with Crippen molar-refractivity contribution >= 4 is 51.6 Å². The average Bonchev–Trinajstić information content (AvgIpc) is 3.97. The van der Waals surface area contributed by atoms with Crippen molar-refractivity contribution in [3.63, 3.8) is 0 Å². The van der Waals surface area contributed by atoms with Crippen LogP contribution in [0.3, 0.4) is 0 Å². The third-order valence-electron chi connectivity index (χ3n) is 14.4. The maximum absolute atomic E-state index is 14.4. The number of ether oxygens (including phenoxy) is 1. The maximum Gasteiger partial charge on any atom is 0.329 e. The van der Waals surface area contributed by atoms with E-state index in [1.54, 1.807) is 28.7 Å². The normalized spacial score (nSPS) is 23.3. The van der Waals surface area contributed by atoms with Crippen LogP contribution < -0.4 is 26.1 Å². The largest absolute Gasteiger partial charge is 0.371 e. The van der Waals surface area contributed by atoms with Crippen LogP contribution >= 0.6 is 0 Å². The van der Waals surface area contributed by atoms with E-state index in [-0.39, 0.29) is 40.9 Å². The molecule has 5 aliphatic rings. The van der Waals surface area contributed by atoms with Gasteiger partial charge in [0.05, 0.1) is 46.9 Å². The number of nitrogens with zero attached hydrogens (tertiary/aromatic N) is 10. The zero-order valence-corrected chi connectivity index (χ0v) is 35.7. The Morgan fingerprint density at radius 2 is 1.83 bits per heavy atom. The van der Waals surface area contributed by atoms with E-state index in [0.29, 0.717) is 42.7 Å². The van der Waals surface area contributed by atoms with Crippen molar-refractivity contribution in [3.8, 4) is 0 Å². The van der Waals surface area contributed by atoms with Gasteiger partial charge in [-0.15, -0.1) is 0 Å². The van der Waals surface area contributed by atoms with Gasteiger partial charge in [0.25, 0.3) is 12.3 Å². The average molecular weight is 869 g/mol. The summed E-state index contributed by atoms with van der Waals surface area (Å²) in [4.78, 5) is 63.4. The van der Waals surface area contributed by atoms with E-state index >= 15 is 0 Å². The number of halogens is 2. The molecule has 17 nitrogen and oxygen atoms in total. The van der Waals surface area contributed by atoms with E-state index in [9.17, 15) is 28.0 Å². The number of imide groups is 1. The number of aromatic nitrogens is 7. The lowest BCUT2D eigenvalue weighted by Gasteiger charge is -2.48. The van der Waals surface area contributed by atoms with Gasteiger partial charge in [-0.25, -0.2) is 23.1 Å². The van der Waals surface area contributed by atoms with E-state index < -0.39 is 30.0 Å². The number of carbonyl (C=O) groups excluding carboxylic acids is 3. The van der Waals surface area contributed by atoms with Crippen molar-refractivity contribution in [3.05, 3.63) is 64.6 Å². The molecule has 1 unspecified atom stereocenters. The van der Waals surface area contributed by atoms with Gasteiger partial charge in [-0.3, -0.25) is 33.5 Å². The molecule has 3 aliphatic heterocycles. The van der Waals surface area contributed by atoms with Crippen LogP contribution in [0.5, 0.6) is 0 Å². The monoisotopic (exact) mass is 868 g/mol. The highest BCUT2D eigenvalue weighted by atomic mass is 19.3. The van der Waals surface area contributed by atoms with E-state index in [1.165, 1.54) is 15.3 Å².